The average Bonchev–Trinajstić information content (AvgIpc) is 3.24. The largest absolute Gasteiger partial charge is 0.489 e. The zero-order valence-electron chi connectivity index (χ0n) is 21.4. The van der Waals surface area contributed by atoms with Crippen molar-refractivity contribution in [3.05, 3.63) is 89.5 Å². The van der Waals surface area contributed by atoms with Gasteiger partial charge in [-0.25, -0.2) is 4.98 Å². The van der Waals surface area contributed by atoms with Crippen LogP contribution in [0.5, 0.6) is 5.75 Å². The molecule has 0 radical (unpaired) electrons. The zero-order chi connectivity index (χ0) is 24.6. The fraction of sp³-hybridized carbons (Fsp3) is 0.345. The summed E-state index contributed by atoms with van der Waals surface area (Å²) in [7, 11) is -0.139. The van der Waals surface area contributed by atoms with Gasteiger partial charge in [0.25, 0.3) is 0 Å². The maximum absolute atomic E-state index is 6.06. The Balaban J connectivity index is 0.000000672. The van der Waals surface area contributed by atoms with Crippen molar-refractivity contribution in [1.82, 2.24) is 9.55 Å². The highest BCUT2D eigenvalue weighted by molar-refractivity contribution is 6.54. The standard InChI is InChI=1S/C26H27N3O2.C3H10Si/c1-2-30-19-29-25-11-7-6-10-24(25)27-26(29)28-15-14-21-12-13-23(16-22(21)17-28)31-18-20-8-4-3-5-9-20;1-4(2)3/h3-13,16H,2,14-15,17-19H2,1H3;4H,1-3H3. The molecular formula is C29H37N3O2Si. The molecule has 5 rings (SSSR count). The highest BCUT2D eigenvalue weighted by Gasteiger charge is 2.22. The predicted octanol–water partition coefficient (Wildman–Crippen LogP) is 6.27. The quantitative estimate of drug-likeness (QED) is 0.288. The molecule has 35 heavy (non-hydrogen) atoms. The number of hydrogen-bond acceptors (Lipinski definition) is 4. The second-order valence-electron chi connectivity index (χ2n) is 9.56. The minimum Gasteiger partial charge on any atom is -0.489 e. The Morgan fingerprint density at radius 2 is 1.66 bits per heavy atom. The molecule has 1 aromatic heterocycles. The Kier molecular flexibility index (Phi) is 8.61. The van der Waals surface area contributed by atoms with Crippen molar-refractivity contribution in [2.24, 2.45) is 0 Å². The first kappa shape index (κ1) is 25.0. The molecular weight excluding hydrogens is 450 g/mol. The average molecular weight is 488 g/mol. The van der Waals surface area contributed by atoms with Crippen molar-refractivity contribution in [2.45, 2.75) is 52.9 Å². The molecule has 0 amide bonds. The van der Waals surface area contributed by atoms with E-state index in [1.807, 2.05) is 31.2 Å². The summed E-state index contributed by atoms with van der Waals surface area (Å²) >= 11 is 0. The van der Waals surface area contributed by atoms with E-state index in [1.165, 1.54) is 16.7 Å². The van der Waals surface area contributed by atoms with Gasteiger partial charge in [-0.15, -0.1) is 0 Å². The summed E-state index contributed by atoms with van der Waals surface area (Å²) in [5.74, 6) is 1.88. The number of anilines is 1. The SMILES string of the molecule is CCOCn1c(N2CCc3ccc(OCc4ccccc4)cc3C2)nc2ccccc21.C[SiH](C)C. The Morgan fingerprint density at radius 1 is 0.914 bits per heavy atom. The van der Waals surface area contributed by atoms with Crippen molar-refractivity contribution < 1.29 is 9.47 Å². The Bertz CT molecular complexity index is 1220. The fourth-order valence-electron chi connectivity index (χ4n) is 4.15. The van der Waals surface area contributed by atoms with Crippen LogP contribution in [-0.4, -0.2) is 31.5 Å². The minimum atomic E-state index is -0.139. The van der Waals surface area contributed by atoms with Gasteiger partial charge in [-0.05, 0) is 54.3 Å². The van der Waals surface area contributed by atoms with Crippen molar-refractivity contribution >= 4 is 25.8 Å². The first-order chi connectivity index (χ1) is 17.0. The monoisotopic (exact) mass is 487 g/mol. The van der Waals surface area contributed by atoms with Gasteiger partial charge in [0.1, 0.15) is 19.1 Å². The summed E-state index contributed by atoms with van der Waals surface area (Å²) < 4.78 is 14.0. The van der Waals surface area contributed by atoms with Crippen LogP contribution >= 0.6 is 0 Å². The first-order valence-corrected chi connectivity index (χ1v) is 16.1. The Morgan fingerprint density at radius 3 is 2.43 bits per heavy atom. The van der Waals surface area contributed by atoms with Crippen LogP contribution in [0.3, 0.4) is 0 Å². The van der Waals surface area contributed by atoms with Gasteiger partial charge in [0.15, 0.2) is 0 Å². The second-order valence-corrected chi connectivity index (χ2v) is 13.0. The lowest BCUT2D eigenvalue weighted by Gasteiger charge is -2.30. The number of para-hydroxylation sites is 2. The van der Waals surface area contributed by atoms with Crippen LogP contribution in [0.2, 0.25) is 19.6 Å². The summed E-state index contributed by atoms with van der Waals surface area (Å²) in [6.45, 7) is 12.5. The molecule has 0 unspecified atom stereocenters. The second kappa shape index (κ2) is 12.0. The van der Waals surface area contributed by atoms with Crippen LogP contribution in [-0.2, 0) is 31.0 Å². The van der Waals surface area contributed by atoms with Crippen LogP contribution in [0.4, 0.5) is 5.95 Å². The molecule has 0 saturated carbocycles. The smallest absolute Gasteiger partial charge is 0.208 e. The molecule has 2 heterocycles. The predicted molar refractivity (Wildman–Crippen MR) is 148 cm³/mol. The summed E-state index contributed by atoms with van der Waals surface area (Å²) in [4.78, 5) is 7.29. The number of rotatable bonds is 7. The molecule has 0 saturated heterocycles. The van der Waals surface area contributed by atoms with E-state index >= 15 is 0 Å². The third-order valence-corrected chi connectivity index (χ3v) is 5.78. The van der Waals surface area contributed by atoms with Gasteiger partial charge in [0.05, 0.1) is 11.0 Å². The molecule has 6 heteroatoms. The van der Waals surface area contributed by atoms with E-state index in [4.69, 9.17) is 14.5 Å². The fourth-order valence-corrected chi connectivity index (χ4v) is 4.15. The molecule has 1 aliphatic rings. The highest BCUT2D eigenvalue weighted by atomic mass is 28.3. The van der Waals surface area contributed by atoms with Crippen LogP contribution < -0.4 is 9.64 Å². The van der Waals surface area contributed by atoms with E-state index in [1.54, 1.807) is 0 Å². The number of fused-ring (bicyclic) bond motifs is 2. The number of benzene rings is 3. The van der Waals surface area contributed by atoms with Crippen molar-refractivity contribution in [3.8, 4) is 5.75 Å². The lowest BCUT2D eigenvalue weighted by molar-refractivity contribution is 0.0912. The molecule has 1 aliphatic heterocycles. The molecule has 0 fully saturated rings. The van der Waals surface area contributed by atoms with Gasteiger partial charge in [-0.3, -0.25) is 4.57 Å². The molecule has 0 bridgehead atoms. The maximum Gasteiger partial charge on any atom is 0.208 e. The van der Waals surface area contributed by atoms with E-state index < -0.39 is 0 Å². The molecule has 4 aromatic rings. The van der Waals surface area contributed by atoms with E-state index in [0.29, 0.717) is 19.9 Å². The van der Waals surface area contributed by atoms with Crippen molar-refractivity contribution in [1.29, 1.82) is 0 Å². The molecule has 3 aromatic carbocycles. The molecule has 0 atom stereocenters. The van der Waals surface area contributed by atoms with Gasteiger partial charge in [-0.2, -0.15) is 0 Å². The van der Waals surface area contributed by atoms with Gasteiger partial charge in [0.2, 0.25) is 5.95 Å². The Labute approximate surface area is 210 Å². The number of imidazole rings is 1. The third-order valence-electron chi connectivity index (χ3n) is 5.78. The molecule has 0 spiro atoms. The van der Waals surface area contributed by atoms with Gasteiger partial charge >= 0.3 is 0 Å². The van der Waals surface area contributed by atoms with Gasteiger partial charge in [-0.1, -0.05) is 68.2 Å². The topological polar surface area (TPSA) is 39.5 Å². The highest BCUT2D eigenvalue weighted by Crippen LogP contribution is 2.30. The molecule has 0 aliphatic carbocycles. The van der Waals surface area contributed by atoms with E-state index in [-0.39, 0.29) is 8.80 Å². The molecule has 5 nitrogen and oxygen atoms in total. The van der Waals surface area contributed by atoms with E-state index in [9.17, 15) is 0 Å². The molecule has 0 N–H and O–H groups in total. The van der Waals surface area contributed by atoms with Gasteiger partial charge in [0, 0.05) is 28.5 Å². The van der Waals surface area contributed by atoms with Crippen molar-refractivity contribution in [3.63, 3.8) is 0 Å². The summed E-state index contributed by atoms with van der Waals surface area (Å²) in [6.07, 6.45) is 0.992. The lowest BCUT2D eigenvalue weighted by Crippen LogP contribution is -2.32. The van der Waals surface area contributed by atoms with Crippen LogP contribution in [0.25, 0.3) is 11.0 Å². The summed E-state index contributed by atoms with van der Waals surface area (Å²) in [5, 5.41) is 0. The van der Waals surface area contributed by atoms with Gasteiger partial charge < -0.3 is 14.4 Å². The van der Waals surface area contributed by atoms with Crippen LogP contribution in [0, 0.1) is 0 Å². The normalized spacial score (nSPS) is 12.9. The van der Waals surface area contributed by atoms with E-state index in [2.05, 4.69) is 77.6 Å². The van der Waals surface area contributed by atoms with Crippen LogP contribution in [0.1, 0.15) is 23.6 Å². The van der Waals surface area contributed by atoms with Crippen LogP contribution in [0.15, 0.2) is 72.8 Å². The lowest BCUT2D eigenvalue weighted by atomic mass is 10.00. The summed E-state index contributed by atoms with van der Waals surface area (Å²) in [6, 6.07) is 25.0. The number of ether oxygens (including phenoxy) is 2. The zero-order valence-corrected chi connectivity index (χ0v) is 22.6. The van der Waals surface area contributed by atoms with E-state index in [0.717, 1.165) is 42.2 Å². The minimum absolute atomic E-state index is 0.139. The molecule has 184 valence electrons. The Hall–Kier alpha value is -3.09. The number of nitrogens with zero attached hydrogens (tertiary/aromatic N) is 3. The number of aromatic nitrogens is 2. The summed E-state index contributed by atoms with van der Waals surface area (Å²) in [5.41, 5.74) is 5.97. The van der Waals surface area contributed by atoms with Crippen molar-refractivity contribution in [2.75, 3.05) is 18.1 Å². The maximum atomic E-state index is 6.06. The third kappa shape index (κ3) is 6.53. The number of hydrogen-bond donors (Lipinski definition) is 0. The first-order valence-electron chi connectivity index (χ1n) is 12.6.